The standard InChI is InChI=1S/C34H54O8Si/c1-24(33(35)36)31-28(42-43(5,6)34(2,3)4)23-27(41-30-19-11-13-21-39-30)32(31)26(40-29-18-10-12-20-38-29)17-14-22-37-25-15-8-7-9-16-25/h7-9,15-17,24,27-32H,10-14,18-23H2,1-6H3,(H,35,36)/b26-17+/t24-,27+,28-,29?,30?,31-,32+/m0/s1. The van der Waals surface area contributed by atoms with Crippen LogP contribution in [0.2, 0.25) is 18.1 Å². The number of para-hydroxylation sites is 1. The van der Waals surface area contributed by atoms with Crippen molar-refractivity contribution >= 4 is 14.3 Å². The van der Waals surface area contributed by atoms with Gasteiger partial charge in [0, 0.05) is 31.3 Å². The van der Waals surface area contributed by atoms with E-state index < -0.39 is 20.2 Å². The number of carbonyl (C=O) groups is 1. The van der Waals surface area contributed by atoms with Crippen LogP contribution in [-0.2, 0) is 28.2 Å². The summed E-state index contributed by atoms with van der Waals surface area (Å²) in [6.45, 7) is 14.7. The Bertz CT molecular complexity index is 1030. The Labute approximate surface area is 259 Å². The van der Waals surface area contributed by atoms with Gasteiger partial charge in [0.25, 0.3) is 0 Å². The monoisotopic (exact) mass is 618 g/mol. The van der Waals surface area contributed by atoms with Crippen molar-refractivity contribution in [3.05, 3.63) is 42.2 Å². The summed E-state index contributed by atoms with van der Waals surface area (Å²) in [7, 11) is -2.23. The molecular weight excluding hydrogens is 564 g/mol. The minimum atomic E-state index is -2.23. The summed E-state index contributed by atoms with van der Waals surface area (Å²) >= 11 is 0. The third kappa shape index (κ3) is 9.30. The van der Waals surface area contributed by atoms with Crippen molar-refractivity contribution in [3.63, 3.8) is 0 Å². The highest BCUT2D eigenvalue weighted by atomic mass is 28.4. The maximum Gasteiger partial charge on any atom is 0.306 e. The summed E-state index contributed by atoms with van der Waals surface area (Å²) in [6.07, 6.45) is 7.71. The topological polar surface area (TPSA) is 92.7 Å². The predicted octanol–water partition coefficient (Wildman–Crippen LogP) is 7.54. The van der Waals surface area contributed by atoms with Gasteiger partial charge in [0.05, 0.1) is 31.3 Å². The first kappa shape index (κ1) is 34.0. The van der Waals surface area contributed by atoms with Gasteiger partial charge in [-0.05, 0) is 74.9 Å². The van der Waals surface area contributed by atoms with Crippen molar-refractivity contribution in [2.24, 2.45) is 17.8 Å². The third-order valence-electron chi connectivity index (χ3n) is 9.60. The fraction of sp³-hybridized carbons (Fsp3) is 0.735. The number of hydrogen-bond donors (Lipinski definition) is 1. The van der Waals surface area contributed by atoms with Gasteiger partial charge in [-0.2, -0.15) is 0 Å². The molecule has 0 spiro atoms. The second-order valence-corrected chi connectivity index (χ2v) is 18.6. The van der Waals surface area contributed by atoms with Crippen LogP contribution in [0.25, 0.3) is 0 Å². The number of hydrogen-bond acceptors (Lipinski definition) is 7. The van der Waals surface area contributed by atoms with Crippen LogP contribution in [0, 0.1) is 17.8 Å². The van der Waals surface area contributed by atoms with E-state index in [9.17, 15) is 9.90 Å². The normalized spacial score (nSPS) is 29.7. The van der Waals surface area contributed by atoms with Crippen LogP contribution in [0.15, 0.2) is 42.2 Å². The van der Waals surface area contributed by atoms with Gasteiger partial charge in [-0.15, -0.1) is 0 Å². The van der Waals surface area contributed by atoms with Gasteiger partial charge < -0.3 is 33.2 Å². The van der Waals surface area contributed by atoms with E-state index in [1.807, 2.05) is 30.3 Å². The molecule has 1 aromatic rings. The van der Waals surface area contributed by atoms with Gasteiger partial charge in [0.1, 0.15) is 11.5 Å². The maximum absolute atomic E-state index is 12.7. The van der Waals surface area contributed by atoms with Crippen LogP contribution < -0.4 is 4.74 Å². The molecule has 8 nitrogen and oxygen atoms in total. The average molecular weight is 619 g/mol. The molecule has 3 aliphatic rings. The van der Waals surface area contributed by atoms with Crippen LogP contribution >= 0.6 is 0 Å². The molecule has 7 atom stereocenters. The van der Waals surface area contributed by atoms with Crippen molar-refractivity contribution in [3.8, 4) is 5.75 Å². The molecular formula is C34H54O8Si. The Balaban J connectivity index is 1.68. The molecule has 0 radical (unpaired) electrons. The van der Waals surface area contributed by atoms with Gasteiger partial charge in [-0.1, -0.05) is 45.9 Å². The number of carboxylic acid groups (broad SMARTS) is 1. The molecule has 2 aliphatic heterocycles. The van der Waals surface area contributed by atoms with Gasteiger partial charge >= 0.3 is 5.97 Å². The number of carboxylic acids is 1. The van der Waals surface area contributed by atoms with Crippen LogP contribution in [0.5, 0.6) is 5.75 Å². The lowest BCUT2D eigenvalue weighted by atomic mass is 9.81. The fourth-order valence-corrected chi connectivity index (χ4v) is 7.50. The second-order valence-electron chi connectivity index (χ2n) is 13.8. The van der Waals surface area contributed by atoms with Gasteiger partial charge in [-0.3, -0.25) is 4.79 Å². The molecule has 3 fully saturated rings. The summed E-state index contributed by atoms with van der Waals surface area (Å²) in [6, 6.07) is 9.75. The molecule has 1 saturated carbocycles. The third-order valence-corrected chi connectivity index (χ3v) is 14.1. The molecule has 0 amide bonds. The second kappa shape index (κ2) is 15.4. The van der Waals surface area contributed by atoms with E-state index in [-0.39, 0.29) is 41.7 Å². The first-order chi connectivity index (χ1) is 20.5. The lowest BCUT2D eigenvalue weighted by Gasteiger charge is -2.41. The Morgan fingerprint density at radius 3 is 2.26 bits per heavy atom. The molecule has 1 aliphatic carbocycles. The van der Waals surface area contributed by atoms with Crippen LogP contribution in [-0.4, -0.2) is 64.0 Å². The molecule has 9 heteroatoms. The average Bonchev–Trinajstić information content (AvgIpc) is 3.31. The van der Waals surface area contributed by atoms with Crippen molar-refractivity contribution in [1.82, 2.24) is 0 Å². The lowest BCUT2D eigenvalue weighted by Crippen LogP contribution is -2.46. The molecule has 2 unspecified atom stereocenters. The molecule has 1 N–H and O–H groups in total. The fourth-order valence-electron chi connectivity index (χ4n) is 6.13. The molecule has 242 valence electrons. The molecule has 43 heavy (non-hydrogen) atoms. The summed E-state index contributed by atoms with van der Waals surface area (Å²) in [5.41, 5.74) is 0. The molecule has 2 saturated heterocycles. The summed E-state index contributed by atoms with van der Waals surface area (Å²) < 4.78 is 38.5. The van der Waals surface area contributed by atoms with Gasteiger partial charge in [0.2, 0.25) is 0 Å². The Morgan fingerprint density at radius 1 is 1.02 bits per heavy atom. The van der Waals surface area contributed by atoms with E-state index in [1.165, 1.54) is 0 Å². The zero-order valence-corrected chi connectivity index (χ0v) is 28.1. The summed E-state index contributed by atoms with van der Waals surface area (Å²) in [5, 5.41) is 10.3. The highest BCUT2D eigenvalue weighted by Gasteiger charge is 2.54. The highest BCUT2D eigenvalue weighted by Crippen LogP contribution is 2.49. The van der Waals surface area contributed by atoms with Crippen molar-refractivity contribution in [2.75, 3.05) is 19.8 Å². The molecule has 0 bridgehead atoms. The molecule has 2 heterocycles. The molecule has 4 rings (SSSR count). The number of ether oxygens (including phenoxy) is 5. The number of aliphatic carboxylic acids is 1. The van der Waals surface area contributed by atoms with Crippen molar-refractivity contribution in [2.45, 2.75) is 122 Å². The SMILES string of the molecule is C[C@H](C(=O)O)[C@@H]1[C@H](/C(=C\CCOc2ccccc2)OC2CCCCO2)[C@H](OC2CCCCO2)C[C@@H]1O[Si](C)(C)C(C)(C)C. The minimum absolute atomic E-state index is 0.0230. The van der Waals surface area contributed by atoms with E-state index in [1.54, 1.807) is 6.92 Å². The summed E-state index contributed by atoms with van der Waals surface area (Å²) in [5.74, 6) is -0.636. The minimum Gasteiger partial charge on any atom is -0.493 e. The van der Waals surface area contributed by atoms with Crippen LogP contribution in [0.1, 0.15) is 79.1 Å². The predicted molar refractivity (Wildman–Crippen MR) is 168 cm³/mol. The van der Waals surface area contributed by atoms with Crippen LogP contribution in [0.4, 0.5) is 0 Å². The van der Waals surface area contributed by atoms with E-state index in [4.69, 9.17) is 28.1 Å². The Morgan fingerprint density at radius 2 is 1.67 bits per heavy atom. The van der Waals surface area contributed by atoms with Crippen LogP contribution in [0.3, 0.4) is 0 Å². The smallest absolute Gasteiger partial charge is 0.306 e. The zero-order chi connectivity index (χ0) is 31.0. The Hall–Kier alpha value is -1.91. The lowest BCUT2D eigenvalue weighted by molar-refractivity contribution is -0.201. The van der Waals surface area contributed by atoms with Gasteiger partial charge in [0.15, 0.2) is 20.9 Å². The first-order valence-electron chi connectivity index (χ1n) is 16.3. The highest BCUT2D eigenvalue weighted by molar-refractivity contribution is 6.74. The summed E-state index contributed by atoms with van der Waals surface area (Å²) in [4.78, 5) is 12.7. The molecule has 0 aromatic heterocycles. The Kier molecular flexibility index (Phi) is 12.2. The van der Waals surface area contributed by atoms with E-state index in [0.29, 0.717) is 32.7 Å². The van der Waals surface area contributed by atoms with Crippen molar-refractivity contribution in [1.29, 1.82) is 0 Å². The number of rotatable bonds is 13. The number of benzene rings is 1. The van der Waals surface area contributed by atoms with E-state index in [0.717, 1.165) is 50.0 Å². The molecule has 1 aromatic carbocycles. The van der Waals surface area contributed by atoms with Crippen molar-refractivity contribution < 1.29 is 38.0 Å². The quantitative estimate of drug-likeness (QED) is 0.138. The van der Waals surface area contributed by atoms with E-state index in [2.05, 4.69) is 39.9 Å². The zero-order valence-electron chi connectivity index (χ0n) is 27.1. The van der Waals surface area contributed by atoms with Gasteiger partial charge in [-0.25, -0.2) is 0 Å². The maximum atomic E-state index is 12.7. The van der Waals surface area contributed by atoms with E-state index >= 15 is 0 Å². The largest absolute Gasteiger partial charge is 0.493 e. The first-order valence-corrected chi connectivity index (χ1v) is 19.2.